The van der Waals surface area contributed by atoms with Gasteiger partial charge >= 0.3 is 5.97 Å². The van der Waals surface area contributed by atoms with Crippen LogP contribution < -0.4 is 0 Å². The van der Waals surface area contributed by atoms with Crippen molar-refractivity contribution >= 4 is 13.3 Å². The second-order valence-electron chi connectivity index (χ2n) is 4.41. The lowest BCUT2D eigenvalue weighted by molar-refractivity contribution is -0.140. The minimum atomic E-state index is -3.23. The second-order valence-corrected chi connectivity index (χ2v) is 6.91. The Morgan fingerprint density at radius 3 is 2.31 bits per heavy atom. The Hall–Kier alpha value is -0.340. The summed E-state index contributed by atoms with van der Waals surface area (Å²) in [5, 5.41) is 8.65. The average molecular weight is 250 g/mol. The summed E-state index contributed by atoms with van der Waals surface area (Å²) >= 11 is 0. The molecular formula is C11H23O4P. The van der Waals surface area contributed by atoms with Crippen molar-refractivity contribution in [2.45, 2.75) is 46.0 Å². The van der Waals surface area contributed by atoms with Crippen molar-refractivity contribution in [2.75, 3.05) is 12.3 Å². The van der Waals surface area contributed by atoms with Crippen LogP contribution in [0.4, 0.5) is 0 Å². The van der Waals surface area contributed by atoms with Gasteiger partial charge in [0, 0.05) is 12.3 Å². The first-order chi connectivity index (χ1) is 7.39. The predicted molar refractivity (Wildman–Crippen MR) is 65.1 cm³/mol. The van der Waals surface area contributed by atoms with E-state index >= 15 is 0 Å². The van der Waals surface area contributed by atoms with Crippen LogP contribution in [-0.4, -0.2) is 28.3 Å². The van der Waals surface area contributed by atoms with E-state index in [9.17, 15) is 14.3 Å². The molecule has 4 nitrogen and oxygen atoms in total. The largest absolute Gasteiger partial charge is 0.481 e. The molecule has 0 bridgehead atoms. The van der Waals surface area contributed by atoms with E-state index in [-0.39, 0.29) is 12.3 Å². The maximum atomic E-state index is 11.7. The summed E-state index contributed by atoms with van der Waals surface area (Å²) in [6.45, 7) is 3.59. The first-order valence-electron chi connectivity index (χ1n) is 5.92. The predicted octanol–water partition coefficient (Wildman–Crippen LogP) is 2.95. The maximum Gasteiger partial charge on any atom is 0.306 e. The third kappa shape index (κ3) is 7.89. The van der Waals surface area contributed by atoms with Crippen molar-refractivity contribution in [3.63, 3.8) is 0 Å². The third-order valence-corrected chi connectivity index (χ3v) is 4.73. The smallest absolute Gasteiger partial charge is 0.306 e. The van der Waals surface area contributed by atoms with Gasteiger partial charge in [0.05, 0.1) is 5.92 Å². The normalized spacial score (nSPS) is 16.7. The Kier molecular flexibility index (Phi) is 7.69. The molecule has 0 saturated heterocycles. The van der Waals surface area contributed by atoms with Crippen LogP contribution in [0, 0.1) is 5.92 Å². The number of carboxylic acid groups (broad SMARTS) is 1. The molecule has 2 unspecified atom stereocenters. The van der Waals surface area contributed by atoms with Crippen molar-refractivity contribution in [3.8, 4) is 0 Å². The fraction of sp³-hybridized carbons (Fsp3) is 0.909. The molecule has 0 rings (SSSR count). The van der Waals surface area contributed by atoms with Gasteiger partial charge in [-0.3, -0.25) is 9.36 Å². The highest BCUT2D eigenvalue weighted by Crippen LogP contribution is 2.43. The van der Waals surface area contributed by atoms with Gasteiger partial charge in [0.25, 0.3) is 0 Å². The van der Waals surface area contributed by atoms with Crippen LogP contribution in [0.5, 0.6) is 0 Å². The van der Waals surface area contributed by atoms with Gasteiger partial charge in [-0.2, -0.15) is 0 Å². The van der Waals surface area contributed by atoms with Gasteiger partial charge in [-0.1, -0.05) is 39.5 Å². The number of rotatable bonds is 9. The Labute approximate surface area is 97.5 Å². The minimum absolute atomic E-state index is 0.101. The lowest BCUT2D eigenvalue weighted by atomic mass is 10.2. The quantitative estimate of drug-likeness (QED) is 0.487. The van der Waals surface area contributed by atoms with Crippen LogP contribution in [0.3, 0.4) is 0 Å². The zero-order valence-electron chi connectivity index (χ0n) is 10.2. The van der Waals surface area contributed by atoms with Crippen molar-refractivity contribution < 1.29 is 19.4 Å². The average Bonchev–Trinajstić information content (AvgIpc) is 2.16. The van der Waals surface area contributed by atoms with E-state index in [1.807, 2.05) is 0 Å². The third-order valence-electron chi connectivity index (χ3n) is 2.59. The van der Waals surface area contributed by atoms with Crippen LogP contribution in [0.1, 0.15) is 46.0 Å². The van der Waals surface area contributed by atoms with Crippen molar-refractivity contribution in [3.05, 3.63) is 0 Å². The fourth-order valence-electron chi connectivity index (χ4n) is 1.56. The monoisotopic (exact) mass is 250 g/mol. The lowest BCUT2D eigenvalue weighted by Crippen LogP contribution is -2.15. The molecule has 0 spiro atoms. The van der Waals surface area contributed by atoms with Gasteiger partial charge in [0.1, 0.15) is 0 Å². The van der Waals surface area contributed by atoms with Gasteiger partial charge in [0.15, 0.2) is 0 Å². The van der Waals surface area contributed by atoms with E-state index in [0.29, 0.717) is 0 Å². The van der Waals surface area contributed by atoms with Crippen LogP contribution in [0.2, 0.25) is 0 Å². The van der Waals surface area contributed by atoms with Gasteiger partial charge < -0.3 is 10.00 Å². The van der Waals surface area contributed by atoms with E-state index in [0.717, 1.165) is 32.1 Å². The summed E-state index contributed by atoms with van der Waals surface area (Å²) in [5.41, 5.74) is 0. The van der Waals surface area contributed by atoms with Crippen LogP contribution in [0.15, 0.2) is 0 Å². The number of carboxylic acids is 1. The number of unbranched alkanes of at least 4 members (excludes halogenated alkanes) is 4. The van der Waals surface area contributed by atoms with Crippen LogP contribution >= 0.6 is 7.37 Å². The standard InChI is InChI=1S/C11H23O4P/c1-3-4-5-6-7-8-16(14,15)9-10(2)11(12)13/h10H,3-9H2,1-2H3,(H,12,13)(H,14,15). The molecular weight excluding hydrogens is 227 g/mol. The molecule has 0 radical (unpaired) electrons. The van der Waals surface area contributed by atoms with Crippen LogP contribution in [-0.2, 0) is 9.36 Å². The summed E-state index contributed by atoms with van der Waals surface area (Å²) < 4.78 is 11.7. The van der Waals surface area contributed by atoms with E-state index in [1.54, 1.807) is 0 Å². The topological polar surface area (TPSA) is 74.6 Å². The van der Waals surface area contributed by atoms with Gasteiger partial charge in [-0.15, -0.1) is 0 Å². The van der Waals surface area contributed by atoms with Gasteiger partial charge in [0.2, 0.25) is 7.37 Å². The van der Waals surface area contributed by atoms with Crippen molar-refractivity contribution in [1.82, 2.24) is 0 Å². The van der Waals surface area contributed by atoms with Crippen molar-refractivity contribution in [2.24, 2.45) is 5.92 Å². The molecule has 2 atom stereocenters. The number of hydrogen-bond acceptors (Lipinski definition) is 2. The molecule has 0 aliphatic heterocycles. The Bertz CT molecular complexity index is 252. The van der Waals surface area contributed by atoms with Gasteiger partial charge in [-0.25, -0.2) is 0 Å². The molecule has 0 aliphatic carbocycles. The Balaban J connectivity index is 3.78. The summed E-state index contributed by atoms with van der Waals surface area (Å²) in [5.74, 6) is -1.73. The fourth-order valence-corrected chi connectivity index (χ4v) is 3.47. The molecule has 0 amide bonds. The lowest BCUT2D eigenvalue weighted by Gasteiger charge is -2.13. The summed E-state index contributed by atoms with van der Waals surface area (Å²) in [6, 6.07) is 0. The molecule has 0 aromatic heterocycles. The highest BCUT2D eigenvalue weighted by atomic mass is 31.2. The Morgan fingerprint density at radius 2 is 1.81 bits per heavy atom. The SMILES string of the molecule is CCCCCCCP(=O)(O)CC(C)C(=O)O. The Morgan fingerprint density at radius 1 is 1.25 bits per heavy atom. The molecule has 96 valence electrons. The molecule has 0 saturated carbocycles. The van der Waals surface area contributed by atoms with E-state index in [4.69, 9.17) is 5.11 Å². The zero-order valence-corrected chi connectivity index (χ0v) is 11.1. The minimum Gasteiger partial charge on any atom is -0.481 e. The molecule has 5 heteroatoms. The highest BCUT2D eigenvalue weighted by Gasteiger charge is 2.24. The first kappa shape index (κ1) is 15.7. The zero-order chi connectivity index (χ0) is 12.6. The number of carbonyl (C=O) groups is 1. The summed E-state index contributed by atoms with van der Waals surface area (Å²) in [7, 11) is -3.23. The number of hydrogen-bond donors (Lipinski definition) is 2. The first-order valence-corrected chi connectivity index (χ1v) is 7.95. The van der Waals surface area contributed by atoms with Crippen molar-refractivity contribution in [1.29, 1.82) is 0 Å². The molecule has 2 N–H and O–H groups in total. The molecule has 0 aliphatic rings. The van der Waals surface area contributed by atoms with E-state index in [1.165, 1.54) is 6.92 Å². The van der Waals surface area contributed by atoms with Crippen LogP contribution in [0.25, 0.3) is 0 Å². The maximum absolute atomic E-state index is 11.7. The van der Waals surface area contributed by atoms with E-state index < -0.39 is 19.3 Å². The second kappa shape index (κ2) is 7.86. The highest BCUT2D eigenvalue weighted by molar-refractivity contribution is 7.58. The molecule has 16 heavy (non-hydrogen) atoms. The van der Waals surface area contributed by atoms with Gasteiger partial charge in [-0.05, 0) is 6.42 Å². The van der Waals surface area contributed by atoms with E-state index in [2.05, 4.69) is 6.92 Å². The summed E-state index contributed by atoms with van der Waals surface area (Å²) in [6.07, 6.45) is 5.23. The molecule has 0 fully saturated rings. The summed E-state index contributed by atoms with van der Waals surface area (Å²) in [4.78, 5) is 20.1. The molecule has 0 heterocycles. The molecule has 0 aromatic rings. The number of aliphatic carboxylic acids is 1. The molecule has 0 aromatic carbocycles.